The molecule has 0 aliphatic heterocycles. The summed E-state index contributed by atoms with van der Waals surface area (Å²) in [6.45, 7) is 4.43. The number of rotatable bonds is 5. The Hall–Kier alpha value is -1.04. The van der Waals surface area contributed by atoms with Gasteiger partial charge in [-0.3, -0.25) is 0 Å². The molecule has 0 N–H and O–H groups in total. The molecule has 0 fully saturated rings. The fourth-order valence-corrected chi connectivity index (χ4v) is 1.60. The number of unbranched alkanes of at least 4 members (excludes halogenated alkanes) is 1. The highest BCUT2D eigenvalue weighted by Gasteiger charge is 1.95. The molecule has 0 bridgehead atoms. The molecule has 0 amide bonds. The Kier molecular flexibility index (Phi) is 5.06. The first-order valence-electron chi connectivity index (χ1n) is 5.60. The van der Waals surface area contributed by atoms with Crippen LogP contribution >= 0.6 is 0 Å². The molecule has 76 valence electrons. The number of aryl methyl sites for hydroxylation is 1. The van der Waals surface area contributed by atoms with Gasteiger partial charge in [0, 0.05) is 0 Å². The average molecular weight is 188 g/mol. The largest absolute Gasteiger partial charge is 0.0882 e. The molecule has 0 unspecified atom stereocenters. The van der Waals surface area contributed by atoms with Gasteiger partial charge >= 0.3 is 0 Å². The smallest absolute Gasteiger partial charge is 0.00947 e. The van der Waals surface area contributed by atoms with Crippen LogP contribution in [-0.4, -0.2) is 0 Å². The molecule has 0 aliphatic rings. The third-order valence-corrected chi connectivity index (χ3v) is 2.46. The summed E-state index contributed by atoms with van der Waals surface area (Å²) >= 11 is 0. The van der Waals surface area contributed by atoms with Crippen LogP contribution in [0, 0.1) is 0 Å². The van der Waals surface area contributed by atoms with Crippen LogP contribution in [0.3, 0.4) is 0 Å². The van der Waals surface area contributed by atoms with Crippen molar-refractivity contribution in [2.24, 2.45) is 0 Å². The summed E-state index contributed by atoms with van der Waals surface area (Å²) < 4.78 is 0. The van der Waals surface area contributed by atoms with E-state index in [1.165, 1.54) is 24.0 Å². The van der Waals surface area contributed by atoms with E-state index in [4.69, 9.17) is 0 Å². The Bertz CT molecular complexity index is 284. The quantitative estimate of drug-likeness (QED) is 0.609. The Morgan fingerprint density at radius 1 is 1.00 bits per heavy atom. The maximum atomic E-state index is 2.29. The normalized spacial score (nSPS) is 11.0. The highest BCUT2D eigenvalue weighted by molar-refractivity contribution is 5.28. The van der Waals surface area contributed by atoms with E-state index < -0.39 is 0 Å². The number of hydrogen-bond acceptors (Lipinski definition) is 0. The van der Waals surface area contributed by atoms with Crippen LogP contribution in [0.15, 0.2) is 36.4 Å². The number of allylic oxidation sites excluding steroid dienone is 2. The lowest BCUT2D eigenvalue weighted by Gasteiger charge is -2.03. The van der Waals surface area contributed by atoms with Gasteiger partial charge in [0.15, 0.2) is 0 Å². The van der Waals surface area contributed by atoms with Crippen molar-refractivity contribution in [3.05, 3.63) is 47.5 Å². The van der Waals surface area contributed by atoms with Crippen LogP contribution in [0.25, 0.3) is 0 Å². The van der Waals surface area contributed by atoms with Crippen LogP contribution in [0.4, 0.5) is 0 Å². The van der Waals surface area contributed by atoms with Crippen molar-refractivity contribution in [1.82, 2.24) is 0 Å². The second-order valence-electron chi connectivity index (χ2n) is 3.59. The molecule has 0 saturated heterocycles. The molecule has 0 aliphatic carbocycles. The molecule has 0 atom stereocenters. The standard InChI is InChI=1S/C14H20/c1-3-5-6-7-11-14-12-9-8-10-13(14)4-2/h6-10,12H,3-5,11H2,1-2H3. The molecule has 0 saturated carbocycles. The van der Waals surface area contributed by atoms with Gasteiger partial charge in [-0.1, -0.05) is 56.7 Å². The van der Waals surface area contributed by atoms with Gasteiger partial charge in [-0.2, -0.15) is 0 Å². The topological polar surface area (TPSA) is 0 Å². The van der Waals surface area contributed by atoms with Crippen molar-refractivity contribution in [2.75, 3.05) is 0 Å². The van der Waals surface area contributed by atoms with Crippen molar-refractivity contribution in [1.29, 1.82) is 0 Å². The highest BCUT2D eigenvalue weighted by Crippen LogP contribution is 2.10. The molecule has 1 aromatic carbocycles. The van der Waals surface area contributed by atoms with Crippen molar-refractivity contribution < 1.29 is 0 Å². The van der Waals surface area contributed by atoms with Crippen molar-refractivity contribution in [3.63, 3.8) is 0 Å². The lowest BCUT2D eigenvalue weighted by atomic mass is 10.0. The van der Waals surface area contributed by atoms with E-state index in [0.717, 1.165) is 12.8 Å². The van der Waals surface area contributed by atoms with E-state index in [2.05, 4.69) is 50.3 Å². The summed E-state index contributed by atoms with van der Waals surface area (Å²) in [6, 6.07) is 8.71. The first-order chi connectivity index (χ1) is 6.88. The van der Waals surface area contributed by atoms with Gasteiger partial charge in [0.25, 0.3) is 0 Å². The third-order valence-electron chi connectivity index (χ3n) is 2.46. The van der Waals surface area contributed by atoms with E-state index in [0.29, 0.717) is 0 Å². The van der Waals surface area contributed by atoms with Gasteiger partial charge in [0.1, 0.15) is 0 Å². The van der Waals surface area contributed by atoms with Gasteiger partial charge in [0.05, 0.1) is 0 Å². The van der Waals surface area contributed by atoms with Gasteiger partial charge in [-0.25, -0.2) is 0 Å². The molecule has 0 heterocycles. The molecular formula is C14H20. The fraction of sp³-hybridized carbons (Fsp3) is 0.429. The predicted octanol–water partition coefficient (Wildman–Crippen LogP) is 4.15. The zero-order valence-electron chi connectivity index (χ0n) is 9.29. The van der Waals surface area contributed by atoms with Gasteiger partial charge in [-0.05, 0) is 30.4 Å². The number of hydrogen-bond donors (Lipinski definition) is 0. The predicted molar refractivity (Wildman–Crippen MR) is 63.6 cm³/mol. The van der Waals surface area contributed by atoms with Crippen molar-refractivity contribution in [2.45, 2.75) is 39.5 Å². The lowest BCUT2D eigenvalue weighted by Crippen LogP contribution is -1.89. The van der Waals surface area contributed by atoms with Gasteiger partial charge in [-0.15, -0.1) is 0 Å². The first kappa shape index (κ1) is 11.0. The monoisotopic (exact) mass is 188 g/mol. The van der Waals surface area contributed by atoms with Crippen LogP contribution in [0.2, 0.25) is 0 Å². The van der Waals surface area contributed by atoms with Gasteiger partial charge < -0.3 is 0 Å². The highest BCUT2D eigenvalue weighted by atomic mass is 14.0. The van der Waals surface area contributed by atoms with Gasteiger partial charge in [0.2, 0.25) is 0 Å². The lowest BCUT2D eigenvalue weighted by molar-refractivity contribution is 0.952. The van der Waals surface area contributed by atoms with E-state index in [1.807, 2.05) is 0 Å². The summed E-state index contributed by atoms with van der Waals surface area (Å²) in [5, 5.41) is 0. The third kappa shape index (κ3) is 3.37. The molecule has 1 rings (SSSR count). The zero-order chi connectivity index (χ0) is 10.2. The average Bonchev–Trinajstić information content (AvgIpc) is 2.25. The fourth-order valence-electron chi connectivity index (χ4n) is 1.60. The van der Waals surface area contributed by atoms with E-state index in [-0.39, 0.29) is 0 Å². The van der Waals surface area contributed by atoms with Crippen LogP contribution in [-0.2, 0) is 12.8 Å². The summed E-state index contributed by atoms with van der Waals surface area (Å²) in [5.41, 5.74) is 2.95. The second kappa shape index (κ2) is 6.42. The Balaban J connectivity index is 2.57. The van der Waals surface area contributed by atoms with Crippen molar-refractivity contribution in [3.8, 4) is 0 Å². The van der Waals surface area contributed by atoms with Crippen molar-refractivity contribution >= 4 is 0 Å². The summed E-state index contributed by atoms with van der Waals surface area (Å²) in [6.07, 6.45) is 9.24. The van der Waals surface area contributed by atoms with E-state index in [1.54, 1.807) is 0 Å². The zero-order valence-corrected chi connectivity index (χ0v) is 9.29. The molecule has 0 nitrogen and oxygen atoms in total. The molecule has 0 spiro atoms. The van der Waals surface area contributed by atoms with E-state index >= 15 is 0 Å². The SMILES string of the molecule is CCCC=CCc1ccccc1CC. The van der Waals surface area contributed by atoms with Crippen LogP contribution < -0.4 is 0 Å². The Morgan fingerprint density at radius 2 is 1.71 bits per heavy atom. The Labute approximate surface area is 87.7 Å². The Morgan fingerprint density at radius 3 is 2.36 bits per heavy atom. The maximum absolute atomic E-state index is 2.29. The molecule has 0 radical (unpaired) electrons. The number of benzene rings is 1. The molecule has 0 aromatic heterocycles. The minimum Gasteiger partial charge on any atom is -0.0882 e. The van der Waals surface area contributed by atoms with Crippen LogP contribution in [0.1, 0.15) is 37.8 Å². The second-order valence-corrected chi connectivity index (χ2v) is 3.59. The first-order valence-corrected chi connectivity index (χ1v) is 5.60. The minimum absolute atomic E-state index is 1.09. The maximum Gasteiger partial charge on any atom is -0.00947 e. The molecule has 14 heavy (non-hydrogen) atoms. The summed E-state index contributed by atoms with van der Waals surface area (Å²) in [5.74, 6) is 0. The summed E-state index contributed by atoms with van der Waals surface area (Å²) in [4.78, 5) is 0. The van der Waals surface area contributed by atoms with Crippen LogP contribution in [0.5, 0.6) is 0 Å². The minimum atomic E-state index is 1.09. The van der Waals surface area contributed by atoms with E-state index in [9.17, 15) is 0 Å². The molecule has 1 aromatic rings. The summed E-state index contributed by atoms with van der Waals surface area (Å²) in [7, 11) is 0. The molecule has 0 heteroatoms. The molecular weight excluding hydrogens is 168 g/mol.